The molecule has 2 atom stereocenters. The van der Waals surface area contributed by atoms with Gasteiger partial charge in [0, 0.05) is 12.2 Å². The van der Waals surface area contributed by atoms with Gasteiger partial charge >= 0.3 is 6.18 Å². The van der Waals surface area contributed by atoms with Crippen molar-refractivity contribution in [3.8, 4) is 6.07 Å². The van der Waals surface area contributed by atoms with Gasteiger partial charge in [0.2, 0.25) is 5.95 Å². The predicted octanol–water partition coefficient (Wildman–Crippen LogP) is 3.79. The summed E-state index contributed by atoms with van der Waals surface area (Å²) in [5.74, 6) is -0.153. The quantitative estimate of drug-likeness (QED) is 0.824. The number of nitrogens with one attached hydrogen (secondary N) is 2. The van der Waals surface area contributed by atoms with Crippen LogP contribution in [0.25, 0.3) is 0 Å². The lowest BCUT2D eigenvalue weighted by atomic mass is 10.2. The van der Waals surface area contributed by atoms with Crippen molar-refractivity contribution in [1.82, 2.24) is 19.7 Å². The van der Waals surface area contributed by atoms with Crippen LogP contribution >= 0.6 is 0 Å². The third-order valence-corrected chi connectivity index (χ3v) is 5.05. The molecule has 142 valence electrons. The molecule has 0 aliphatic heterocycles. The van der Waals surface area contributed by atoms with Gasteiger partial charge in [-0.1, -0.05) is 0 Å². The van der Waals surface area contributed by atoms with E-state index in [1.54, 1.807) is 10.9 Å². The number of nitriles is 1. The average Bonchev–Trinajstić information content (AvgIpc) is 3.50. The van der Waals surface area contributed by atoms with Crippen LogP contribution in [0, 0.1) is 23.7 Å². The van der Waals surface area contributed by atoms with Gasteiger partial charge in [-0.2, -0.15) is 28.5 Å². The minimum Gasteiger partial charge on any atom is -0.367 e. The Balaban J connectivity index is 1.58. The molecule has 7 nitrogen and oxygen atoms in total. The molecule has 4 rings (SSSR count). The molecule has 0 unspecified atom stereocenters. The minimum atomic E-state index is -4.52. The molecule has 2 aromatic rings. The molecule has 0 amide bonds. The Morgan fingerprint density at radius 2 is 2.07 bits per heavy atom. The summed E-state index contributed by atoms with van der Waals surface area (Å²) in [6.07, 6.45) is 0.208. The van der Waals surface area contributed by atoms with Gasteiger partial charge in [-0.3, -0.25) is 4.68 Å². The molecule has 0 spiro atoms. The van der Waals surface area contributed by atoms with E-state index < -0.39 is 17.2 Å². The number of aromatic nitrogens is 4. The first-order valence-electron chi connectivity index (χ1n) is 8.64. The third-order valence-electron chi connectivity index (χ3n) is 5.05. The van der Waals surface area contributed by atoms with Crippen molar-refractivity contribution >= 4 is 17.5 Å². The Bertz CT molecular complexity index is 926. The second kappa shape index (κ2) is 5.84. The number of hydrogen-bond acceptors (Lipinski definition) is 6. The maximum Gasteiger partial charge on any atom is 0.421 e. The maximum atomic E-state index is 13.2. The Morgan fingerprint density at radius 1 is 1.33 bits per heavy atom. The summed E-state index contributed by atoms with van der Waals surface area (Å²) in [5, 5.41) is 19.3. The zero-order valence-corrected chi connectivity index (χ0v) is 14.8. The van der Waals surface area contributed by atoms with Crippen molar-refractivity contribution in [2.75, 3.05) is 10.6 Å². The summed E-state index contributed by atoms with van der Waals surface area (Å²) in [5.41, 5.74) is 0.0638. The highest BCUT2D eigenvalue weighted by Gasteiger charge is 2.53. The van der Waals surface area contributed by atoms with Gasteiger partial charge in [0.15, 0.2) is 0 Å². The number of anilines is 3. The van der Waals surface area contributed by atoms with Crippen molar-refractivity contribution < 1.29 is 13.2 Å². The van der Waals surface area contributed by atoms with Crippen LogP contribution < -0.4 is 10.6 Å². The molecule has 2 saturated carbocycles. The largest absolute Gasteiger partial charge is 0.421 e. The monoisotopic (exact) mass is 377 g/mol. The smallest absolute Gasteiger partial charge is 0.367 e. The van der Waals surface area contributed by atoms with Gasteiger partial charge < -0.3 is 10.6 Å². The summed E-state index contributed by atoms with van der Waals surface area (Å²) >= 11 is 0. The Kier molecular flexibility index (Phi) is 3.80. The molecule has 27 heavy (non-hydrogen) atoms. The molecule has 10 heteroatoms. The molecule has 0 aromatic carbocycles. The number of alkyl halides is 3. The average molecular weight is 377 g/mol. The molecule has 2 fully saturated rings. The molecule has 2 heterocycles. The van der Waals surface area contributed by atoms with Crippen LogP contribution in [0.4, 0.5) is 30.6 Å². The molecule has 0 bridgehead atoms. The second-order valence-electron chi connectivity index (χ2n) is 7.33. The summed E-state index contributed by atoms with van der Waals surface area (Å²) < 4.78 is 41.3. The van der Waals surface area contributed by atoms with Crippen LogP contribution in [0.2, 0.25) is 0 Å². The summed E-state index contributed by atoms with van der Waals surface area (Å²) in [6, 6.07) is 2.30. The van der Waals surface area contributed by atoms with Gasteiger partial charge in [-0.15, -0.1) is 0 Å². The normalized spacial score (nSPS) is 24.4. The Labute approximate surface area is 153 Å². The lowest BCUT2D eigenvalue weighted by Crippen LogP contribution is -2.15. The van der Waals surface area contributed by atoms with Crippen LogP contribution in [-0.2, 0) is 6.18 Å². The fourth-order valence-corrected chi connectivity index (χ4v) is 2.98. The van der Waals surface area contributed by atoms with Crippen molar-refractivity contribution in [1.29, 1.82) is 5.26 Å². The van der Waals surface area contributed by atoms with Crippen LogP contribution in [0.5, 0.6) is 0 Å². The summed E-state index contributed by atoms with van der Waals surface area (Å²) in [4.78, 5) is 7.84. The molecule has 0 radical (unpaired) electrons. The lowest BCUT2D eigenvalue weighted by Gasteiger charge is -2.14. The fourth-order valence-electron chi connectivity index (χ4n) is 2.98. The van der Waals surface area contributed by atoms with Crippen LogP contribution in [-0.4, -0.2) is 25.8 Å². The van der Waals surface area contributed by atoms with Crippen molar-refractivity contribution in [3.63, 3.8) is 0 Å². The van der Waals surface area contributed by atoms with Gasteiger partial charge in [0.1, 0.15) is 11.4 Å². The molecule has 2 aliphatic carbocycles. The van der Waals surface area contributed by atoms with Crippen LogP contribution in [0.1, 0.15) is 43.5 Å². The van der Waals surface area contributed by atoms with E-state index in [0.717, 1.165) is 31.2 Å². The molecular formula is C17H18F3N7. The van der Waals surface area contributed by atoms with Gasteiger partial charge in [-0.25, -0.2) is 4.98 Å². The van der Waals surface area contributed by atoms with Crippen LogP contribution in [0.3, 0.4) is 0 Å². The van der Waals surface area contributed by atoms with E-state index in [2.05, 4.69) is 31.8 Å². The lowest BCUT2D eigenvalue weighted by molar-refractivity contribution is -0.137. The van der Waals surface area contributed by atoms with Gasteiger partial charge in [0.05, 0.1) is 35.1 Å². The summed E-state index contributed by atoms with van der Waals surface area (Å²) in [7, 11) is 0. The SMILES string of the molecule is Cc1c(Nc2ncc(C(F)(F)F)c(NC3CC3)n2)cnn1[C@@H]1C[C@]1(C)C#N. The van der Waals surface area contributed by atoms with Gasteiger partial charge in [0.25, 0.3) is 0 Å². The number of halogens is 3. The highest BCUT2D eigenvalue weighted by Crippen LogP contribution is 2.55. The predicted molar refractivity (Wildman–Crippen MR) is 91.3 cm³/mol. The van der Waals surface area contributed by atoms with E-state index in [1.165, 1.54) is 0 Å². The molecule has 2 N–H and O–H groups in total. The summed E-state index contributed by atoms with van der Waals surface area (Å²) in [6.45, 7) is 3.71. The molecular weight excluding hydrogens is 359 g/mol. The number of nitrogens with zero attached hydrogens (tertiary/aromatic N) is 5. The van der Waals surface area contributed by atoms with E-state index >= 15 is 0 Å². The van der Waals surface area contributed by atoms with E-state index in [1.807, 2.05) is 13.8 Å². The van der Waals surface area contributed by atoms with E-state index in [0.29, 0.717) is 5.69 Å². The Morgan fingerprint density at radius 3 is 2.67 bits per heavy atom. The van der Waals surface area contributed by atoms with Crippen molar-refractivity contribution in [3.05, 3.63) is 23.7 Å². The third kappa shape index (κ3) is 3.29. The molecule has 2 aliphatic rings. The van der Waals surface area contributed by atoms with E-state index in [-0.39, 0.29) is 23.8 Å². The first-order valence-corrected chi connectivity index (χ1v) is 8.64. The maximum absolute atomic E-state index is 13.2. The van der Waals surface area contributed by atoms with Crippen molar-refractivity contribution in [2.45, 2.75) is 51.4 Å². The topological polar surface area (TPSA) is 91.4 Å². The molecule has 2 aromatic heterocycles. The first kappa shape index (κ1) is 17.6. The van der Waals surface area contributed by atoms with Crippen molar-refractivity contribution in [2.24, 2.45) is 5.41 Å². The molecule has 0 saturated heterocycles. The highest BCUT2D eigenvalue weighted by molar-refractivity contribution is 5.58. The minimum absolute atomic E-state index is 0.00123. The zero-order valence-electron chi connectivity index (χ0n) is 14.8. The Hall–Kier alpha value is -2.83. The second-order valence-corrected chi connectivity index (χ2v) is 7.33. The van der Waals surface area contributed by atoms with E-state index in [4.69, 9.17) is 0 Å². The highest BCUT2D eigenvalue weighted by atomic mass is 19.4. The zero-order chi connectivity index (χ0) is 19.4. The number of hydrogen-bond donors (Lipinski definition) is 2. The van der Waals surface area contributed by atoms with Crippen LogP contribution in [0.15, 0.2) is 12.4 Å². The number of rotatable bonds is 5. The van der Waals surface area contributed by atoms with Gasteiger partial charge in [-0.05, 0) is 33.1 Å². The van der Waals surface area contributed by atoms with E-state index in [9.17, 15) is 18.4 Å². The fraction of sp³-hybridized carbons (Fsp3) is 0.529. The first-order chi connectivity index (χ1) is 12.7. The standard InChI is InChI=1S/C17H18F3N7/c1-9-12(7-23-27(9)13-5-16(13,2)8-21)25-15-22-6-11(17(18,19)20)14(26-15)24-10-3-4-10/h6-7,10,13H,3-5H2,1-2H3,(H2,22,24,25,26)/t13-,16-/m1/s1.